The third kappa shape index (κ3) is 6.41. The smallest absolute Gasteiger partial charge is 0.317 e. The van der Waals surface area contributed by atoms with E-state index in [2.05, 4.69) is 16.7 Å². The van der Waals surface area contributed by atoms with Gasteiger partial charge in [0.2, 0.25) is 5.91 Å². The molecule has 1 fully saturated rings. The fourth-order valence-electron chi connectivity index (χ4n) is 3.23. The molecule has 1 aromatic rings. The topological polar surface area (TPSA) is 79.9 Å². The molecule has 0 spiro atoms. The van der Waals surface area contributed by atoms with E-state index in [0.717, 1.165) is 29.8 Å². The summed E-state index contributed by atoms with van der Waals surface area (Å²) in [6.07, 6.45) is 4.43. The van der Waals surface area contributed by atoms with Crippen LogP contribution in [0.5, 0.6) is 5.75 Å². The Morgan fingerprint density at radius 1 is 1.29 bits per heavy atom. The predicted molar refractivity (Wildman–Crippen MR) is 106 cm³/mol. The number of methoxy groups -OCH3 is 1. The van der Waals surface area contributed by atoms with Gasteiger partial charge in [-0.25, -0.2) is 4.79 Å². The Hall–Kier alpha value is -2.28. The number of rotatable bonds is 9. The van der Waals surface area contributed by atoms with Crippen LogP contribution >= 0.6 is 0 Å². The molecule has 154 valence electrons. The van der Waals surface area contributed by atoms with Crippen molar-refractivity contribution >= 4 is 11.9 Å². The zero-order valence-electron chi connectivity index (χ0n) is 16.7. The fraction of sp³-hybridized carbons (Fsp3) is 0.619. The lowest BCUT2D eigenvalue weighted by atomic mass is 10.0. The van der Waals surface area contributed by atoms with Gasteiger partial charge in [-0.1, -0.05) is 12.1 Å². The number of nitrogens with one attached hydrogen (secondary N) is 2. The fourth-order valence-corrected chi connectivity index (χ4v) is 3.23. The quantitative estimate of drug-likeness (QED) is 0.634. The van der Waals surface area contributed by atoms with Crippen LogP contribution < -0.4 is 15.4 Å². The highest BCUT2D eigenvalue weighted by atomic mass is 16.5. The van der Waals surface area contributed by atoms with Crippen LogP contribution in [0.2, 0.25) is 0 Å². The van der Waals surface area contributed by atoms with Crippen LogP contribution in [-0.2, 0) is 22.5 Å². The number of carbonyl (C=O) groups is 2. The Labute approximate surface area is 166 Å². The van der Waals surface area contributed by atoms with E-state index in [1.807, 2.05) is 12.1 Å². The van der Waals surface area contributed by atoms with E-state index in [1.54, 1.807) is 12.0 Å². The molecule has 0 unspecified atom stereocenters. The normalized spacial score (nSPS) is 16.0. The largest absolute Gasteiger partial charge is 0.491 e. The summed E-state index contributed by atoms with van der Waals surface area (Å²) in [5, 5.41) is 5.93. The second-order valence-corrected chi connectivity index (χ2v) is 7.54. The maximum Gasteiger partial charge on any atom is 0.317 e. The number of ether oxygens (including phenoxy) is 2. The molecule has 1 saturated carbocycles. The summed E-state index contributed by atoms with van der Waals surface area (Å²) in [5.41, 5.74) is 2.08. The SMILES string of the molecule is COCCCNC(=O)N1CCOc2ccc(CCC(=O)NCC3CC3)cc2C1. The average Bonchev–Trinajstić information content (AvgIpc) is 3.54. The lowest BCUT2D eigenvalue weighted by molar-refractivity contribution is -0.121. The molecule has 0 atom stereocenters. The molecule has 2 N–H and O–H groups in total. The van der Waals surface area contributed by atoms with Crippen molar-refractivity contribution in [2.45, 2.75) is 38.6 Å². The van der Waals surface area contributed by atoms with E-state index in [1.165, 1.54) is 12.8 Å². The molecule has 0 saturated heterocycles. The molecule has 7 heteroatoms. The van der Waals surface area contributed by atoms with Crippen LogP contribution in [0.1, 0.15) is 36.8 Å². The Kier molecular flexibility index (Phi) is 7.54. The average molecular weight is 389 g/mol. The molecule has 0 radical (unpaired) electrons. The Bertz CT molecular complexity index is 676. The molecular weight excluding hydrogens is 358 g/mol. The van der Waals surface area contributed by atoms with Gasteiger partial charge in [-0.15, -0.1) is 0 Å². The van der Waals surface area contributed by atoms with Gasteiger partial charge in [0.15, 0.2) is 0 Å². The molecule has 1 aliphatic heterocycles. The number of nitrogens with zero attached hydrogens (tertiary/aromatic N) is 1. The van der Waals surface area contributed by atoms with Crippen molar-refractivity contribution in [3.05, 3.63) is 29.3 Å². The van der Waals surface area contributed by atoms with Gasteiger partial charge in [0, 0.05) is 38.8 Å². The summed E-state index contributed by atoms with van der Waals surface area (Å²) < 4.78 is 10.8. The number of carbonyl (C=O) groups excluding carboxylic acids is 2. The minimum absolute atomic E-state index is 0.0857. The zero-order chi connectivity index (χ0) is 19.8. The first-order valence-electron chi connectivity index (χ1n) is 10.2. The van der Waals surface area contributed by atoms with Crippen LogP contribution in [0.4, 0.5) is 4.79 Å². The number of aryl methyl sites for hydroxylation is 1. The van der Waals surface area contributed by atoms with Gasteiger partial charge in [-0.2, -0.15) is 0 Å². The van der Waals surface area contributed by atoms with Gasteiger partial charge in [-0.3, -0.25) is 4.79 Å². The van der Waals surface area contributed by atoms with E-state index in [4.69, 9.17) is 9.47 Å². The number of fused-ring (bicyclic) bond motifs is 1. The molecule has 0 bridgehead atoms. The van der Waals surface area contributed by atoms with Gasteiger partial charge in [0.1, 0.15) is 12.4 Å². The van der Waals surface area contributed by atoms with Crippen LogP contribution in [0.3, 0.4) is 0 Å². The van der Waals surface area contributed by atoms with Gasteiger partial charge in [0.05, 0.1) is 13.1 Å². The van der Waals surface area contributed by atoms with Crippen molar-refractivity contribution in [1.82, 2.24) is 15.5 Å². The van der Waals surface area contributed by atoms with Crippen molar-refractivity contribution in [1.29, 1.82) is 0 Å². The molecule has 1 heterocycles. The van der Waals surface area contributed by atoms with E-state index in [9.17, 15) is 9.59 Å². The number of urea groups is 1. The number of hydrogen-bond donors (Lipinski definition) is 2. The van der Waals surface area contributed by atoms with Gasteiger partial charge in [-0.05, 0) is 43.2 Å². The summed E-state index contributed by atoms with van der Waals surface area (Å²) >= 11 is 0. The zero-order valence-corrected chi connectivity index (χ0v) is 16.7. The van der Waals surface area contributed by atoms with Crippen molar-refractivity contribution in [2.24, 2.45) is 5.92 Å². The Balaban J connectivity index is 1.51. The highest BCUT2D eigenvalue weighted by molar-refractivity contribution is 5.76. The first-order chi connectivity index (χ1) is 13.7. The Morgan fingerprint density at radius 2 is 2.14 bits per heavy atom. The molecule has 7 nitrogen and oxygen atoms in total. The number of benzene rings is 1. The number of amides is 3. The van der Waals surface area contributed by atoms with Crippen molar-refractivity contribution < 1.29 is 19.1 Å². The van der Waals surface area contributed by atoms with E-state index in [-0.39, 0.29) is 11.9 Å². The van der Waals surface area contributed by atoms with Crippen molar-refractivity contribution in [3.8, 4) is 5.75 Å². The predicted octanol–water partition coefficient (Wildman–Crippen LogP) is 2.09. The van der Waals surface area contributed by atoms with Gasteiger partial charge < -0.3 is 25.0 Å². The molecule has 28 heavy (non-hydrogen) atoms. The molecule has 1 aromatic carbocycles. The number of hydrogen-bond acceptors (Lipinski definition) is 4. The molecule has 3 rings (SSSR count). The molecular formula is C21H31N3O4. The van der Waals surface area contributed by atoms with Crippen LogP contribution in [0.25, 0.3) is 0 Å². The molecule has 2 aliphatic rings. The summed E-state index contributed by atoms with van der Waals surface area (Å²) in [4.78, 5) is 26.2. The monoisotopic (exact) mass is 389 g/mol. The van der Waals surface area contributed by atoms with Crippen LogP contribution in [0.15, 0.2) is 18.2 Å². The molecule has 3 amide bonds. The molecule has 0 aromatic heterocycles. The Morgan fingerprint density at radius 3 is 2.93 bits per heavy atom. The summed E-state index contributed by atoms with van der Waals surface area (Å²) in [6.45, 7) is 3.56. The van der Waals surface area contributed by atoms with Crippen LogP contribution in [-0.4, -0.2) is 56.8 Å². The lowest BCUT2D eigenvalue weighted by Crippen LogP contribution is -2.41. The van der Waals surface area contributed by atoms with Crippen molar-refractivity contribution in [2.75, 3.05) is 40.0 Å². The van der Waals surface area contributed by atoms with Gasteiger partial charge >= 0.3 is 6.03 Å². The highest BCUT2D eigenvalue weighted by Gasteiger charge is 2.22. The first kappa shape index (κ1) is 20.5. The minimum atomic E-state index is -0.0857. The second kappa shape index (κ2) is 10.3. The summed E-state index contributed by atoms with van der Waals surface area (Å²) in [6, 6.07) is 5.93. The highest BCUT2D eigenvalue weighted by Crippen LogP contribution is 2.27. The van der Waals surface area contributed by atoms with Gasteiger partial charge in [0.25, 0.3) is 0 Å². The van der Waals surface area contributed by atoms with E-state index >= 15 is 0 Å². The van der Waals surface area contributed by atoms with E-state index in [0.29, 0.717) is 51.6 Å². The summed E-state index contributed by atoms with van der Waals surface area (Å²) in [5.74, 6) is 1.62. The molecule has 1 aliphatic carbocycles. The van der Waals surface area contributed by atoms with Crippen LogP contribution in [0, 0.1) is 5.92 Å². The van der Waals surface area contributed by atoms with Crippen molar-refractivity contribution in [3.63, 3.8) is 0 Å². The second-order valence-electron chi connectivity index (χ2n) is 7.54. The van der Waals surface area contributed by atoms with E-state index < -0.39 is 0 Å². The first-order valence-corrected chi connectivity index (χ1v) is 10.2. The third-order valence-electron chi connectivity index (χ3n) is 5.12. The lowest BCUT2D eigenvalue weighted by Gasteiger charge is -2.20. The minimum Gasteiger partial charge on any atom is -0.491 e. The summed E-state index contributed by atoms with van der Waals surface area (Å²) in [7, 11) is 1.65. The maximum atomic E-state index is 12.4. The third-order valence-corrected chi connectivity index (χ3v) is 5.12. The standard InChI is InChI=1S/C21H31N3O4/c1-27-11-2-9-22-21(26)24-10-12-28-19-7-5-16(13-18(19)15-24)6-8-20(25)23-14-17-3-4-17/h5,7,13,17H,2-4,6,8-12,14-15H2,1H3,(H,22,26)(H,23,25). The maximum absolute atomic E-state index is 12.4.